The summed E-state index contributed by atoms with van der Waals surface area (Å²) in [5.74, 6) is 0. The highest BCUT2D eigenvalue weighted by Gasteiger charge is 2.08. The van der Waals surface area contributed by atoms with Crippen molar-refractivity contribution in [3.8, 4) is 0 Å². The van der Waals surface area contributed by atoms with Crippen LogP contribution in [0.3, 0.4) is 0 Å². The summed E-state index contributed by atoms with van der Waals surface area (Å²) in [7, 11) is 0. The first kappa shape index (κ1) is 5.19. The van der Waals surface area contributed by atoms with Crippen LogP contribution in [-0.4, -0.2) is 11.2 Å². The molecule has 2 heteroatoms. The number of allylic oxidation sites excluding steroid dienone is 1. The summed E-state index contributed by atoms with van der Waals surface area (Å²) in [6.45, 7) is 0. The second-order valence-electron chi connectivity index (χ2n) is 1.76. The highest BCUT2D eigenvalue weighted by molar-refractivity contribution is 7.84. The number of thiol groups is 1. The minimum absolute atomic E-state index is 0.215. The van der Waals surface area contributed by atoms with Crippen LogP contribution in [-0.2, 0) is 0 Å². The van der Waals surface area contributed by atoms with Crippen LogP contribution in [0.2, 0.25) is 0 Å². The van der Waals surface area contributed by atoms with Gasteiger partial charge in [0.25, 0.3) is 0 Å². The van der Waals surface area contributed by atoms with E-state index < -0.39 is 0 Å². The Kier molecular flexibility index (Phi) is 1.40. The molecule has 1 unspecified atom stereocenters. The van der Waals surface area contributed by atoms with Crippen molar-refractivity contribution in [2.45, 2.75) is 18.9 Å². The summed E-state index contributed by atoms with van der Waals surface area (Å²) in [4.78, 5) is 1.02. The van der Waals surface area contributed by atoms with Crippen LogP contribution < -0.4 is 0 Å². The molecule has 1 nitrogen and oxygen atoms in total. The van der Waals surface area contributed by atoms with E-state index >= 15 is 0 Å². The molecule has 1 aliphatic rings. The first-order chi connectivity index (χ1) is 3.29. The standard InChI is InChI=1S/C5H8OS/c6-4-1-2-5(7)3-4/h3-4,6-7H,1-2H2. The summed E-state index contributed by atoms with van der Waals surface area (Å²) < 4.78 is 0. The van der Waals surface area contributed by atoms with Gasteiger partial charge >= 0.3 is 0 Å². The van der Waals surface area contributed by atoms with Crippen molar-refractivity contribution in [2.75, 3.05) is 0 Å². The van der Waals surface area contributed by atoms with Crippen molar-refractivity contribution in [1.82, 2.24) is 0 Å². The molecule has 0 saturated carbocycles. The van der Waals surface area contributed by atoms with Crippen molar-refractivity contribution in [3.05, 3.63) is 11.0 Å². The topological polar surface area (TPSA) is 20.2 Å². The lowest BCUT2D eigenvalue weighted by atomic mass is 10.3. The zero-order valence-electron chi connectivity index (χ0n) is 3.96. The van der Waals surface area contributed by atoms with Gasteiger partial charge in [0.2, 0.25) is 0 Å². The molecule has 40 valence electrons. The van der Waals surface area contributed by atoms with Gasteiger partial charge in [0, 0.05) is 0 Å². The molecular weight excluding hydrogens is 108 g/mol. The van der Waals surface area contributed by atoms with Gasteiger partial charge < -0.3 is 5.11 Å². The normalized spacial score (nSPS) is 30.6. The molecule has 1 N–H and O–H groups in total. The Morgan fingerprint density at radius 2 is 2.57 bits per heavy atom. The van der Waals surface area contributed by atoms with Crippen LogP contribution in [0.5, 0.6) is 0 Å². The van der Waals surface area contributed by atoms with E-state index in [1.54, 1.807) is 6.08 Å². The highest BCUT2D eigenvalue weighted by atomic mass is 32.1. The number of hydrogen-bond acceptors (Lipinski definition) is 2. The van der Waals surface area contributed by atoms with Gasteiger partial charge in [-0.25, -0.2) is 0 Å². The van der Waals surface area contributed by atoms with Crippen LogP contribution in [0, 0.1) is 0 Å². The third-order valence-corrected chi connectivity index (χ3v) is 1.45. The summed E-state index contributed by atoms with van der Waals surface area (Å²) in [5.41, 5.74) is 0. The maximum absolute atomic E-state index is 8.77. The van der Waals surface area contributed by atoms with Gasteiger partial charge in [0.1, 0.15) is 0 Å². The molecule has 0 fully saturated rings. The lowest BCUT2D eigenvalue weighted by molar-refractivity contribution is 0.223. The molecule has 1 rings (SSSR count). The van der Waals surface area contributed by atoms with Crippen molar-refractivity contribution >= 4 is 12.6 Å². The van der Waals surface area contributed by atoms with Gasteiger partial charge in [-0.15, -0.1) is 12.6 Å². The molecule has 0 aromatic carbocycles. The van der Waals surface area contributed by atoms with Gasteiger partial charge in [0.15, 0.2) is 0 Å². The third kappa shape index (κ3) is 1.21. The summed E-state index contributed by atoms with van der Waals surface area (Å²) >= 11 is 4.05. The Morgan fingerprint density at radius 3 is 2.71 bits per heavy atom. The fourth-order valence-electron chi connectivity index (χ4n) is 0.685. The van der Waals surface area contributed by atoms with Crippen molar-refractivity contribution in [3.63, 3.8) is 0 Å². The summed E-state index contributed by atoms with van der Waals surface area (Å²) in [5, 5.41) is 8.77. The molecule has 0 bridgehead atoms. The highest BCUT2D eigenvalue weighted by Crippen LogP contribution is 2.20. The van der Waals surface area contributed by atoms with Crippen LogP contribution in [0.1, 0.15) is 12.8 Å². The molecule has 1 aliphatic carbocycles. The molecule has 0 amide bonds. The monoisotopic (exact) mass is 116 g/mol. The fraction of sp³-hybridized carbons (Fsp3) is 0.600. The lowest BCUT2D eigenvalue weighted by Gasteiger charge is -1.89. The maximum Gasteiger partial charge on any atom is 0.0734 e. The Morgan fingerprint density at radius 1 is 1.86 bits per heavy atom. The number of rotatable bonds is 0. The molecule has 1 atom stereocenters. The van der Waals surface area contributed by atoms with Crippen molar-refractivity contribution in [2.24, 2.45) is 0 Å². The molecule has 0 saturated heterocycles. The van der Waals surface area contributed by atoms with Crippen molar-refractivity contribution in [1.29, 1.82) is 0 Å². The zero-order valence-corrected chi connectivity index (χ0v) is 4.86. The SMILES string of the molecule is OC1C=C(S)CC1. The van der Waals surface area contributed by atoms with E-state index in [9.17, 15) is 0 Å². The first-order valence-corrected chi connectivity index (χ1v) is 2.81. The van der Waals surface area contributed by atoms with E-state index in [1.165, 1.54) is 0 Å². The van der Waals surface area contributed by atoms with Gasteiger partial charge in [0.05, 0.1) is 6.10 Å². The Hall–Kier alpha value is 0.0500. The molecular formula is C5H8OS. The number of hydrogen-bond donors (Lipinski definition) is 2. The average Bonchev–Trinajstić information content (AvgIpc) is 1.87. The Balaban J connectivity index is 2.50. The third-order valence-electron chi connectivity index (χ3n) is 1.08. The van der Waals surface area contributed by atoms with E-state index in [-0.39, 0.29) is 6.10 Å². The van der Waals surface area contributed by atoms with E-state index in [0.717, 1.165) is 17.7 Å². The van der Waals surface area contributed by atoms with Crippen LogP contribution in [0.4, 0.5) is 0 Å². The first-order valence-electron chi connectivity index (χ1n) is 2.37. The largest absolute Gasteiger partial charge is 0.389 e. The van der Waals surface area contributed by atoms with Crippen molar-refractivity contribution < 1.29 is 5.11 Å². The van der Waals surface area contributed by atoms with Gasteiger partial charge in [-0.1, -0.05) is 0 Å². The molecule has 0 aromatic heterocycles. The van der Waals surface area contributed by atoms with E-state index in [1.807, 2.05) is 0 Å². The molecule has 0 aromatic rings. The van der Waals surface area contributed by atoms with Gasteiger partial charge in [-0.3, -0.25) is 0 Å². The van der Waals surface area contributed by atoms with E-state index in [0.29, 0.717) is 0 Å². The van der Waals surface area contributed by atoms with Crippen LogP contribution >= 0.6 is 12.6 Å². The minimum atomic E-state index is -0.215. The predicted molar refractivity (Wildman–Crippen MR) is 32.3 cm³/mol. The summed E-state index contributed by atoms with van der Waals surface area (Å²) in [6.07, 6.45) is 3.37. The quantitative estimate of drug-likeness (QED) is 0.451. The lowest BCUT2D eigenvalue weighted by Crippen LogP contribution is -1.93. The maximum atomic E-state index is 8.77. The minimum Gasteiger partial charge on any atom is -0.389 e. The van der Waals surface area contributed by atoms with Gasteiger partial charge in [-0.05, 0) is 23.8 Å². The molecule has 0 radical (unpaired) electrons. The predicted octanol–water partition coefficient (Wildman–Crippen LogP) is 0.955. The van der Waals surface area contributed by atoms with E-state index in [4.69, 9.17) is 5.11 Å². The second kappa shape index (κ2) is 1.88. The second-order valence-corrected chi connectivity index (χ2v) is 2.34. The Bertz CT molecular complexity index is 98.3. The van der Waals surface area contributed by atoms with E-state index in [2.05, 4.69) is 12.6 Å². The zero-order chi connectivity index (χ0) is 5.28. The van der Waals surface area contributed by atoms with Crippen LogP contribution in [0.15, 0.2) is 11.0 Å². The smallest absolute Gasteiger partial charge is 0.0734 e. The number of aliphatic hydroxyl groups excluding tert-OH is 1. The molecule has 0 spiro atoms. The summed E-state index contributed by atoms with van der Waals surface area (Å²) in [6, 6.07) is 0. The average molecular weight is 116 g/mol. The fourth-order valence-corrected chi connectivity index (χ4v) is 0.986. The molecule has 0 aliphatic heterocycles. The Labute approximate surface area is 48.5 Å². The molecule has 7 heavy (non-hydrogen) atoms. The molecule has 0 heterocycles. The number of aliphatic hydroxyl groups is 1. The van der Waals surface area contributed by atoms with Crippen LogP contribution in [0.25, 0.3) is 0 Å². The van der Waals surface area contributed by atoms with Gasteiger partial charge in [-0.2, -0.15) is 0 Å².